The van der Waals surface area contributed by atoms with E-state index in [2.05, 4.69) is 20.5 Å². The van der Waals surface area contributed by atoms with Crippen molar-refractivity contribution in [3.63, 3.8) is 0 Å². The van der Waals surface area contributed by atoms with E-state index in [1.54, 1.807) is 47.1 Å². The van der Waals surface area contributed by atoms with Crippen molar-refractivity contribution in [3.8, 4) is 16.9 Å². The summed E-state index contributed by atoms with van der Waals surface area (Å²) >= 11 is 0. The zero-order valence-corrected chi connectivity index (χ0v) is 25.6. The number of hydrogen-bond donors (Lipinski definition) is 2. The maximum atomic E-state index is 15.3. The summed E-state index contributed by atoms with van der Waals surface area (Å²) < 4.78 is 19.5. The zero-order chi connectivity index (χ0) is 32.2. The number of hydrogen-bond acceptors (Lipinski definition) is 8. The Balaban J connectivity index is 1.41. The molecule has 4 aromatic heterocycles. The molecule has 5 heterocycles. The molecule has 0 saturated carbocycles. The summed E-state index contributed by atoms with van der Waals surface area (Å²) in [4.78, 5) is 44.6. The van der Waals surface area contributed by atoms with Gasteiger partial charge < -0.3 is 19.9 Å². The first-order valence-electron chi connectivity index (χ1n) is 14.5. The van der Waals surface area contributed by atoms with E-state index in [1.807, 2.05) is 20.8 Å². The number of pyridine rings is 2. The number of nitrogens with one attached hydrogen (secondary N) is 1. The molecule has 6 rings (SSSR count). The van der Waals surface area contributed by atoms with E-state index in [0.717, 1.165) is 15.9 Å². The Bertz CT molecular complexity index is 2110. The molecule has 45 heavy (non-hydrogen) atoms. The van der Waals surface area contributed by atoms with Gasteiger partial charge in [0.2, 0.25) is 5.91 Å². The average molecular weight is 613 g/mol. The van der Waals surface area contributed by atoms with Crippen LogP contribution in [0, 0.1) is 5.82 Å². The van der Waals surface area contributed by atoms with E-state index < -0.39 is 18.0 Å². The van der Waals surface area contributed by atoms with Crippen LogP contribution in [0.4, 0.5) is 15.9 Å². The Morgan fingerprint density at radius 3 is 2.60 bits per heavy atom. The molecule has 0 unspecified atom stereocenters. The molecule has 1 aliphatic heterocycles. The molecular weight excluding hydrogens is 579 g/mol. The highest BCUT2D eigenvalue weighted by Crippen LogP contribution is 2.30. The summed E-state index contributed by atoms with van der Waals surface area (Å²) in [5.74, 6) is -0.188. The lowest BCUT2D eigenvalue weighted by molar-refractivity contribution is -0.130. The fourth-order valence-electron chi connectivity index (χ4n) is 5.59. The van der Waals surface area contributed by atoms with Gasteiger partial charge in [0.1, 0.15) is 11.5 Å². The lowest BCUT2D eigenvalue weighted by Gasteiger charge is -2.26. The Morgan fingerprint density at radius 2 is 1.89 bits per heavy atom. The van der Waals surface area contributed by atoms with Gasteiger partial charge >= 0.3 is 0 Å². The number of anilines is 2. The minimum Gasteiger partial charge on any atom is -0.392 e. The van der Waals surface area contributed by atoms with Crippen molar-refractivity contribution in [2.24, 2.45) is 7.05 Å². The maximum Gasteiger partial charge on any atom is 0.283 e. The summed E-state index contributed by atoms with van der Waals surface area (Å²) in [5.41, 5.74) is 1.77. The average Bonchev–Trinajstić information content (AvgIpc) is 3.40. The molecule has 12 nitrogen and oxygen atoms in total. The van der Waals surface area contributed by atoms with Crippen LogP contribution in [-0.4, -0.2) is 51.6 Å². The number of aryl methyl sites for hydroxylation is 1. The van der Waals surface area contributed by atoms with Gasteiger partial charge in [0.05, 0.1) is 37.0 Å². The standard InChI is InChI=1S/C32H33FN8O4/c1-18(43)39-8-9-40-22(16-39)13-27(37-40)36-26-11-20(15-38(5)30(26)44)23-6-7-34-29(24(23)17-42)41-31(45)28-19(14-35-41)10-21(12-25(28)33)32(2,3)4/h6-7,10-15,42H,8-9,16-17H2,1-5H3,(H,36,37). The quantitative estimate of drug-likeness (QED) is 0.308. The Morgan fingerprint density at radius 1 is 1.11 bits per heavy atom. The molecule has 13 heteroatoms. The second kappa shape index (κ2) is 11.1. The fraction of sp³-hybridized carbons (Fsp3) is 0.312. The lowest BCUT2D eigenvalue weighted by Crippen LogP contribution is -2.36. The van der Waals surface area contributed by atoms with Crippen LogP contribution >= 0.6 is 0 Å². The first kappa shape index (κ1) is 29.9. The van der Waals surface area contributed by atoms with Crippen molar-refractivity contribution in [3.05, 3.63) is 92.3 Å². The topological polar surface area (TPSA) is 140 Å². The predicted molar refractivity (Wildman–Crippen MR) is 167 cm³/mol. The van der Waals surface area contributed by atoms with Crippen LogP contribution in [0.5, 0.6) is 0 Å². The van der Waals surface area contributed by atoms with Crippen LogP contribution in [-0.2, 0) is 37.0 Å². The van der Waals surface area contributed by atoms with Gasteiger partial charge in [-0.25, -0.2) is 9.37 Å². The Kier molecular flexibility index (Phi) is 7.36. The minimum absolute atomic E-state index is 0.0177. The Labute approximate surface area is 257 Å². The van der Waals surface area contributed by atoms with Crippen molar-refractivity contribution < 1.29 is 14.3 Å². The third-order valence-corrected chi connectivity index (χ3v) is 8.10. The van der Waals surface area contributed by atoms with Crippen LogP contribution in [0.25, 0.3) is 27.7 Å². The molecule has 1 amide bonds. The van der Waals surface area contributed by atoms with Crippen LogP contribution in [0.15, 0.2) is 58.5 Å². The molecule has 0 spiro atoms. The summed E-state index contributed by atoms with van der Waals surface area (Å²) in [7, 11) is 1.60. The SMILES string of the molecule is CC(=O)N1CCn2nc(Nc3cc(-c4ccnc(-n5ncc6cc(C(C)(C)C)cc(F)c6c5=O)c4CO)cn(C)c3=O)cc2C1. The van der Waals surface area contributed by atoms with Crippen molar-refractivity contribution in [2.75, 3.05) is 11.9 Å². The number of amides is 1. The molecular formula is C32H33FN8O4. The van der Waals surface area contributed by atoms with Crippen LogP contribution in [0.3, 0.4) is 0 Å². The second-order valence-corrected chi connectivity index (χ2v) is 12.2. The number of aromatic nitrogens is 6. The molecule has 0 radical (unpaired) electrons. The summed E-state index contributed by atoms with van der Waals surface area (Å²) in [6, 6.07) is 8.20. The molecule has 0 aliphatic carbocycles. The van der Waals surface area contributed by atoms with Gasteiger partial charge in [-0.05, 0) is 40.8 Å². The van der Waals surface area contributed by atoms with Gasteiger partial charge in [0, 0.05) is 55.5 Å². The van der Waals surface area contributed by atoms with Gasteiger partial charge in [0.15, 0.2) is 11.6 Å². The van der Waals surface area contributed by atoms with Gasteiger partial charge in [-0.15, -0.1) is 0 Å². The molecule has 0 atom stereocenters. The van der Waals surface area contributed by atoms with Crippen LogP contribution < -0.4 is 16.4 Å². The fourth-order valence-corrected chi connectivity index (χ4v) is 5.59. The number of rotatable bonds is 5. The zero-order valence-electron chi connectivity index (χ0n) is 25.6. The van der Waals surface area contributed by atoms with Gasteiger partial charge in [-0.1, -0.05) is 20.8 Å². The van der Waals surface area contributed by atoms with Gasteiger partial charge in [-0.2, -0.15) is 14.9 Å². The molecule has 232 valence electrons. The molecule has 2 N–H and O–H groups in total. The minimum atomic E-state index is -0.709. The summed E-state index contributed by atoms with van der Waals surface area (Å²) in [6.07, 6.45) is 4.49. The highest BCUT2D eigenvalue weighted by atomic mass is 19.1. The van der Waals surface area contributed by atoms with Crippen LogP contribution in [0.1, 0.15) is 44.5 Å². The van der Waals surface area contributed by atoms with E-state index in [4.69, 9.17) is 0 Å². The van der Waals surface area contributed by atoms with E-state index in [1.165, 1.54) is 30.0 Å². The summed E-state index contributed by atoms with van der Waals surface area (Å²) in [5, 5.41) is 22.7. The number of benzene rings is 1. The number of nitrogens with zero attached hydrogens (tertiary/aromatic N) is 7. The lowest BCUT2D eigenvalue weighted by atomic mass is 9.86. The normalized spacial score (nSPS) is 13.3. The largest absolute Gasteiger partial charge is 0.392 e. The molecule has 1 aliphatic rings. The number of fused-ring (bicyclic) bond motifs is 2. The molecule has 0 saturated heterocycles. The van der Waals surface area contributed by atoms with Gasteiger partial charge in [0.25, 0.3) is 11.1 Å². The molecule has 5 aromatic rings. The van der Waals surface area contributed by atoms with Crippen LogP contribution in [0.2, 0.25) is 0 Å². The number of aliphatic hydroxyl groups excluding tert-OH is 1. The Hall–Kier alpha value is -5.17. The van der Waals surface area contributed by atoms with E-state index in [9.17, 15) is 19.5 Å². The number of carbonyl (C=O) groups is 1. The number of halogens is 1. The summed E-state index contributed by atoms with van der Waals surface area (Å²) in [6.45, 7) is 8.39. The van der Waals surface area contributed by atoms with Crippen molar-refractivity contribution >= 4 is 28.2 Å². The van der Waals surface area contributed by atoms with Crippen molar-refractivity contribution in [2.45, 2.75) is 52.8 Å². The first-order chi connectivity index (χ1) is 21.3. The maximum absolute atomic E-state index is 15.3. The third kappa shape index (κ3) is 5.39. The highest BCUT2D eigenvalue weighted by Gasteiger charge is 2.23. The van der Waals surface area contributed by atoms with Crippen molar-refractivity contribution in [1.82, 2.24) is 34.0 Å². The second-order valence-electron chi connectivity index (χ2n) is 12.2. The number of aliphatic hydroxyl groups is 1. The highest BCUT2D eigenvalue weighted by molar-refractivity contribution is 5.83. The molecule has 1 aromatic carbocycles. The first-order valence-corrected chi connectivity index (χ1v) is 14.5. The van der Waals surface area contributed by atoms with Gasteiger partial charge in [-0.3, -0.25) is 19.1 Å². The third-order valence-electron chi connectivity index (χ3n) is 8.10. The number of carbonyl (C=O) groups excluding carboxylic acids is 1. The predicted octanol–water partition coefficient (Wildman–Crippen LogP) is 3.38. The van der Waals surface area contributed by atoms with Crippen molar-refractivity contribution in [1.29, 1.82) is 0 Å². The smallest absolute Gasteiger partial charge is 0.283 e. The van der Waals surface area contributed by atoms with E-state index in [-0.39, 0.29) is 39.3 Å². The molecule has 0 bridgehead atoms. The van der Waals surface area contributed by atoms with E-state index in [0.29, 0.717) is 42.0 Å². The molecule has 0 fully saturated rings. The van der Waals surface area contributed by atoms with E-state index >= 15 is 4.39 Å². The monoisotopic (exact) mass is 612 g/mol.